The highest BCUT2D eigenvalue weighted by atomic mass is 79.9. The standard InChI is InChI=1S/C8H12Br2N4O.ClH/c9-7-11-8(10)14(12-7)2-1-13-3-5-15-6-4-13;/h1-6H2;1H. The van der Waals surface area contributed by atoms with E-state index >= 15 is 0 Å². The summed E-state index contributed by atoms with van der Waals surface area (Å²) in [5.41, 5.74) is 0. The molecule has 8 heteroatoms. The van der Waals surface area contributed by atoms with Gasteiger partial charge in [-0.05, 0) is 31.9 Å². The molecule has 1 aromatic rings. The summed E-state index contributed by atoms with van der Waals surface area (Å²) in [5, 5.41) is 4.21. The predicted molar refractivity (Wildman–Crippen MR) is 69.9 cm³/mol. The fourth-order valence-corrected chi connectivity index (χ4v) is 2.52. The van der Waals surface area contributed by atoms with Gasteiger partial charge in [-0.15, -0.1) is 17.5 Å². The number of rotatable bonds is 3. The normalized spacial score (nSPS) is 17.1. The van der Waals surface area contributed by atoms with Gasteiger partial charge in [-0.1, -0.05) is 0 Å². The van der Waals surface area contributed by atoms with Crippen LogP contribution in [0.4, 0.5) is 0 Å². The van der Waals surface area contributed by atoms with Gasteiger partial charge in [-0.25, -0.2) is 4.68 Å². The fourth-order valence-electron chi connectivity index (χ4n) is 1.50. The molecule has 0 bridgehead atoms. The Hall–Kier alpha value is 0.310. The second kappa shape index (κ2) is 6.90. The molecule has 92 valence electrons. The summed E-state index contributed by atoms with van der Waals surface area (Å²) in [7, 11) is 0. The van der Waals surface area contributed by atoms with Crippen LogP contribution in [0, 0.1) is 0 Å². The van der Waals surface area contributed by atoms with Crippen LogP contribution in [0.1, 0.15) is 0 Å². The number of hydrogen-bond acceptors (Lipinski definition) is 4. The molecule has 0 N–H and O–H groups in total. The lowest BCUT2D eigenvalue weighted by molar-refractivity contribution is 0.0358. The van der Waals surface area contributed by atoms with Crippen molar-refractivity contribution in [3.63, 3.8) is 0 Å². The molecule has 0 amide bonds. The summed E-state index contributed by atoms with van der Waals surface area (Å²) >= 11 is 6.60. The minimum Gasteiger partial charge on any atom is -0.379 e. The van der Waals surface area contributed by atoms with Crippen molar-refractivity contribution in [2.75, 3.05) is 32.8 Å². The Morgan fingerprint density at radius 1 is 1.19 bits per heavy atom. The van der Waals surface area contributed by atoms with E-state index in [1.165, 1.54) is 0 Å². The van der Waals surface area contributed by atoms with Crippen LogP contribution in [0.15, 0.2) is 9.47 Å². The lowest BCUT2D eigenvalue weighted by Gasteiger charge is -2.26. The summed E-state index contributed by atoms with van der Waals surface area (Å²) < 4.78 is 8.52. The third kappa shape index (κ3) is 3.96. The SMILES string of the molecule is Brc1nc(Br)n(CCN2CCOCC2)n1.Cl. The fraction of sp³-hybridized carbons (Fsp3) is 0.750. The largest absolute Gasteiger partial charge is 0.379 e. The van der Waals surface area contributed by atoms with Gasteiger partial charge in [-0.3, -0.25) is 4.90 Å². The second-order valence-corrected chi connectivity index (χ2v) is 4.75. The summed E-state index contributed by atoms with van der Waals surface area (Å²) in [5.74, 6) is 0. The van der Waals surface area contributed by atoms with Gasteiger partial charge < -0.3 is 4.74 Å². The Bertz CT molecular complexity index is 330. The van der Waals surface area contributed by atoms with Crippen molar-refractivity contribution in [2.45, 2.75) is 6.54 Å². The lowest BCUT2D eigenvalue weighted by atomic mass is 10.4. The Labute approximate surface area is 117 Å². The predicted octanol–water partition coefficient (Wildman–Crippen LogP) is 1.56. The van der Waals surface area contributed by atoms with Gasteiger partial charge in [0.2, 0.25) is 4.73 Å². The second-order valence-electron chi connectivity index (χ2n) is 3.33. The average molecular weight is 376 g/mol. The number of halogens is 3. The van der Waals surface area contributed by atoms with Gasteiger partial charge >= 0.3 is 0 Å². The highest BCUT2D eigenvalue weighted by Gasteiger charge is 2.11. The molecule has 1 aromatic heterocycles. The van der Waals surface area contributed by atoms with Gasteiger partial charge in [0.05, 0.1) is 19.8 Å². The molecule has 2 heterocycles. The molecule has 1 aliphatic heterocycles. The van der Waals surface area contributed by atoms with Crippen molar-refractivity contribution in [1.82, 2.24) is 19.7 Å². The van der Waals surface area contributed by atoms with Crippen LogP contribution in [-0.4, -0.2) is 52.5 Å². The van der Waals surface area contributed by atoms with E-state index in [-0.39, 0.29) is 12.4 Å². The van der Waals surface area contributed by atoms with Crippen LogP contribution >= 0.6 is 44.3 Å². The van der Waals surface area contributed by atoms with E-state index in [1.54, 1.807) is 0 Å². The van der Waals surface area contributed by atoms with Crippen LogP contribution < -0.4 is 0 Å². The smallest absolute Gasteiger partial charge is 0.218 e. The van der Waals surface area contributed by atoms with E-state index in [0.717, 1.165) is 44.1 Å². The molecule has 0 aliphatic carbocycles. The lowest BCUT2D eigenvalue weighted by Crippen LogP contribution is -2.38. The monoisotopic (exact) mass is 374 g/mol. The van der Waals surface area contributed by atoms with E-state index in [2.05, 4.69) is 46.8 Å². The van der Waals surface area contributed by atoms with Crippen molar-refractivity contribution in [3.05, 3.63) is 9.47 Å². The first-order chi connectivity index (χ1) is 7.25. The first kappa shape index (κ1) is 14.4. The minimum absolute atomic E-state index is 0. The molecule has 0 spiro atoms. The maximum absolute atomic E-state index is 5.29. The quantitative estimate of drug-likeness (QED) is 0.803. The van der Waals surface area contributed by atoms with E-state index in [0.29, 0.717) is 4.73 Å². The maximum Gasteiger partial charge on any atom is 0.218 e. The molecule has 1 saturated heterocycles. The molecule has 0 radical (unpaired) electrons. The number of ether oxygens (including phenoxy) is 1. The molecule has 1 aliphatic rings. The Balaban J connectivity index is 0.00000128. The van der Waals surface area contributed by atoms with Crippen molar-refractivity contribution >= 4 is 44.3 Å². The van der Waals surface area contributed by atoms with Crippen LogP contribution in [0.5, 0.6) is 0 Å². The zero-order valence-corrected chi connectivity index (χ0v) is 12.6. The highest BCUT2D eigenvalue weighted by Crippen LogP contribution is 2.11. The summed E-state index contributed by atoms with van der Waals surface area (Å²) in [6.07, 6.45) is 0. The third-order valence-electron chi connectivity index (χ3n) is 2.33. The summed E-state index contributed by atoms with van der Waals surface area (Å²) in [6.45, 7) is 5.52. The van der Waals surface area contributed by atoms with Gasteiger partial charge in [0, 0.05) is 19.6 Å². The number of morpholine rings is 1. The molecule has 0 unspecified atom stereocenters. The van der Waals surface area contributed by atoms with Crippen LogP contribution in [0.25, 0.3) is 0 Å². The summed E-state index contributed by atoms with van der Waals surface area (Å²) in [4.78, 5) is 6.48. The first-order valence-corrected chi connectivity index (χ1v) is 6.40. The molecule has 0 saturated carbocycles. The van der Waals surface area contributed by atoms with Crippen LogP contribution in [0.2, 0.25) is 0 Å². The molecule has 16 heavy (non-hydrogen) atoms. The van der Waals surface area contributed by atoms with Crippen molar-refractivity contribution < 1.29 is 4.74 Å². The van der Waals surface area contributed by atoms with Gasteiger partial charge in [0.25, 0.3) is 0 Å². The number of hydrogen-bond donors (Lipinski definition) is 0. The minimum atomic E-state index is 0. The topological polar surface area (TPSA) is 43.2 Å². The molecule has 1 fully saturated rings. The zero-order chi connectivity index (χ0) is 10.7. The van der Waals surface area contributed by atoms with E-state index in [1.807, 2.05) is 4.68 Å². The van der Waals surface area contributed by atoms with Crippen LogP contribution in [0.3, 0.4) is 0 Å². The third-order valence-corrected chi connectivity index (χ3v) is 3.26. The van der Waals surface area contributed by atoms with E-state index < -0.39 is 0 Å². The maximum atomic E-state index is 5.29. The van der Waals surface area contributed by atoms with Crippen LogP contribution in [-0.2, 0) is 11.3 Å². The molecule has 5 nitrogen and oxygen atoms in total. The number of nitrogens with zero attached hydrogens (tertiary/aromatic N) is 4. The average Bonchev–Trinajstić information content (AvgIpc) is 2.56. The van der Waals surface area contributed by atoms with Gasteiger partial charge in [-0.2, -0.15) is 4.98 Å². The van der Waals surface area contributed by atoms with Crippen molar-refractivity contribution in [2.24, 2.45) is 0 Å². The van der Waals surface area contributed by atoms with Gasteiger partial charge in [0.1, 0.15) is 0 Å². The Kier molecular flexibility index (Phi) is 6.20. The van der Waals surface area contributed by atoms with Crippen molar-refractivity contribution in [1.29, 1.82) is 0 Å². The Morgan fingerprint density at radius 3 is 2.44 bits per heavy atom. The first-order valence-electron chi connectivity index (χ1n) is 4.81. The van der Waals surface area contributed by atoms with Gasteiger partial charge in [0.15, 0.2) is 4.73 Å². The molecule has 0 atom stereocenters. The Morgan fingerprint density at radius 2 is 1.88 bits per heavy atom. The van der Waals surface area contributed by atoms with E-state index in [4.69, 9.17) is 4.74 Å². The molecular formula is C8H13Br2ClN4O. The van der Waals surface area contributed by atoms with E-state index in [9.17, 15) is 0 Å². The summed E-state index contributed by atoms with van der Waals surface area (Å²) in [6, 6.07) is 0. The molecule has 0 aromatic carbocycles. The number of aromatic nitrogens is 3. The zero-order valence-electron chi connectivity index (χ0n) is 8.60. The molecular weight excluding hydrogens is 363 g/mol. The highest BCUT2D eigenvalue weighted by molar-refractivity contribution is 9.11. The van der Waals surface area contributed by atoms with Crippen molar-refractivity contribution in [3.8, 4) is 0 Å². The molecule has 2 rings (SSSR count).